The predicted molar refractivity (Wildman–Crippen MR) is 141 cm³/mol. The van der Waals surface area contributed by atoms with E-state index in [0.29, 0.717) is 16.5 Å². The van der Waals surface area contributed by atoms with Crippen LogP contribution in [0.3, 0.4) is 0 Å². The highest BCUT2D eigenvalue weighted by atomic mass is 79.9. The van der Waals surface area contributed by atoms with Crippen LogP contribution < -0.4 is 4.90 Å². The summed E-state index contributed by atoms with van der Waals surface area (Å²) in [5, 5.41) is 16.5. The molecule has 1 unspecified atom stereocenters. The lowest BCUT2D eigenvalue weighted by Gasteiger charge is -2.40. The van der Waals surface area contributed by atoms with Crippen LogP contribution in [0.1, 0.15) is 16.5 Å². The van der Waals surface area contributed by atoms with E-state index < -0.39 is 0 Å². The molecule has 1 atom stereocenters. The number of fused-ring (bicyclic) bond motifs is 1. The van der Waals surface area contributed by atoms with Crippen LogP contribution in [0.2, 0.25) is 5.02 Å². The van der Waals surface area contributed by atoms with Gasteiger partial charge in [0.25, 0.3) is 0 Å². The maximum absolute atomic E-state index is 11.3. The number of hydrogen-bond donors (Lipinski definition) is 1. The second kappa shape index (κ2) is 9.31. The summed E-state index contributed by atoms with van der Waals surface area (Å²) in [6.45, 7) is 3.37. The minimum Gasteiger partial charge on any atom is -0.492 e. The standard InChI is InChI=1S/C25H21BrClN5O2S/c26-17-5-1-4-16(14-17)21(31-11-9-30(10-12-31)19-7-2-6-18(27)15-19)22-24(33)32-25(35-22)28-23(29-32)20-8-3-13-34-20/h1-8,13-15,21,33H,9-12H2. The quantitative estimate of drug-likeness (QED) is 0.276. The molecule has 5 aromatic rings. The maximum Gasteiger partial charge on any atom is 0.230 e. The number of aromatic hydroxyl groups is 1. The van der Waals surface area contributed by atoms with Crippen LogP contribution in [0, 0.1) is 0 Å². The van der Waals surface area contributed by atoms with E-state index in [0.717, 1.165) is 51.8 Å². The van der Waals surface area contributed by atoms with Gasteiger partial charge in [-0.25, -0.2) is 0 Å². The molecular formula is C25H21BrClN5O2S. The van der Waals surface area contributed by atoms with Crippen LogP contribution in [0.5, 0.6) is 5.88 Å². The van der Waals surface area contributed by atoms with Crippen LogP contribution in [0.25, 0.3) is 16.5 Å². The Bertz CT molecular complexity index is 1480. The smallest absolute Gasteiger partial charge is 0.230 e. The molecular weight excluding hydrogens is 550 g/mol. The van der Waals surface area contributed by atoms with E-state index in [2.05, 4.69) is 54.0 Å². The zero-order valence-electron chi connectivity index (χ0n) is 18.5. The first kappa shape index (κ1) is 22.6. The van der Waals surface area contributed by atoms with Gasteiger partial charge < -0.3 is 14.4 Å². The lowest BCUT2D eigenvalue weighted by Crippen LogP contribution is -2.47. The molecule has 0 spiro atoms. The van der Waals surface area contributed by atoms with E-state index in [1.807, 2.05) is 30.3 Å². The molecule has 0 aliphatic carbocycles. The lowest BCUT2D eigenvalue weighted by atomic mass is 10.0. The molecule has 3 aromatic heterocycles. The summed E-state index contributed by atoms with van der Waals surface area (Å²) in [7, 11) is 0. The summed E-state index contributed by atoms with van der Waals surface area (Å²) >= 11 is 11.3. The minimum atomic E-state index is -0.130. The van der Waals surface area contributed by atoms with Crippen molar-refractivity contribution in [1.82, 2.24) is 19.5 Å². The van der Waals surface area contributed by atoms with Crippen molar-refractivity contribution in [3.8, 4) is 17.5 Å². The second-order valence-electron chi connectivity index (χ2n) is 8.36. The molecule has 0 saturated carbocycles. The summed E-state index contributed by atoms with van der Waals surface area (Å²) in [6, 6.07) is 19.7. The number of furan rings is 1. The van der Waals surface area contributed by atoms with Crippen LogP contribution >= 0.6 is 38.9 Å². The fraction of sp³-hybridized carbons (Fsp3) is 0.200. The summed E-state index contributed by atoms with van der Waals surface area (Å²) in [5.74, 6) is 1.14. The van der Waals surface area contributed by atoms with Crippen molar-refractivity contribution in [1.29, 1.82) is 0 Å². The molecule has 35 heavy (non-hydrogen) atoms. The molecule has 1 aliphatic rings. The Labute approximate surface area is 219 Å². The molecule has 1 saturated heterocycles. The molecule has 1 N–H and O–H groups in total. The fourth-order valence-corrected chi connectivity index (χ4v) is 6.27. The molecule has 178 valence electrons. The van der Waals surface area contributed by atoms with Crippen LogP contribution in [0.15, 0.2) is 75.8 Å². The third-order valence-corrected chi connectivity index (χ3v) is 8.01. The highest BCUT2D eigenvalue weighted by molar-refractivity contribution is 9.10. The van der Waals surface area contributed by atoms with Crippen LogP contribution in [0.4, 0.5) is 5.69 Å². The lowest BCUT2D eigenvalue weighted by molar-refractivity contribution is 0.211. The van der Waals surface area contributed by atoms with E-state index in [1.165, 1.54) is 15.9 Å². The number of thiazole rings is 1. The monoisotopic (exact) mass is 569 g/mol. The van der Waals surface area contributed by atoms with Gasteiger partial charge in [-0.15, -0.1) is 5.10 Å². The van der Waals surface area contributed by atoms with Gasteiger partial charge in [-0.3, -0.25) is 4.90 Å². The normalized spacial score (nSPS) is 15.7. The molecule has 0 amide bonds. The summed E-state index contributed by atoms with van der Waals surface area (Å²) in [6.07, 6.45) is 1.59. The average Bonchev–Trinajstić information content (AvgIpc) is 3.59. The number of rotatable bonds is 5. The fourth-order valence-electron chi connectivity index (χ4n) is 4.55. The van der Waals surface area contributed by atoms with E-state index in [-0.39, 0.29) is 11.9 Å². The summed E-state index contributed by atoms with van der Waals surface area (Å²) < 4.78 is 7.93. The third-order valence-electron chi connectivity index (χ3n) is 6.21. The molecule has 6 rings (SSSR count). The van der Waals surface area contributed by atoms with Crippen molar-refractivity contribution < 1.29 is 9.52 Å². The number of aromatic nitrogens is 3. The Balaban J connectivity index is 1.34. The van der Waals surface area contributed by atoms with Gasteiger partial charge in [0.15, 0.2) is 5.76 Å². The molecule has 1 aliphatic heterocycles. The SMILES string of the molecule is Oc1c(C(c2cccc(Br)c2)N2CCN(c3cccc(Cl)c3)CC2)sc2nc(-c3ccco3)nn12. The number of nitrogens with zero attached hydrogens (tertiary/aromatic N) is 5. The maximum atomic E-state index is 11.3. The van der Waals surface area contributed by atoms with Crippen molar-refractivity contribution in [3.63, 3.8) is 0 Å². The van der Waals surface area contributed by atoms with Crippen molar-refractivity contribution >= 4 is 49.5 Å². The van der Waals surface area contributed by atoms with Gasteiger partial charge in [-0.05, 0) is 48.0 Å². The van der Waals surface area contributed by atoms with Gasteiger partial charge in [0, 0.05) is 41.4 Å². The first-order valence-corrected chi connectivity index (χ1v) is 13.2. The van der Waals surface area contributed by atoms with Crippen molar-refractivity contribution in [2.75, 3.05) is 31.1 Å². The Morgan fingerprint density at radius 1 is 1.03 bits per heavy atom. The molecule has 0 radical (unpaired) electrons. The molecule has 1 fully saturated rings. The zero-order valence-corrected chi connectivity index (χ0v) is 21.7. The van der Waals surface area contributed by atoms with Gasteiger partial charge in [-0.1, -0.05) is 57.1 Å². The molecule has 10 heteroatoms. The Morgan fingerprint density at radius 2 is 1.86 bits per heavy atom. The zero-order chi connectivity index (χ0) is 23.9. The molecule has 2 aromatic carbocycles. The van der Waals surface area contributed by atoms with Gasteiger partial charge >= 0.3 is 0 Å². The van der Waals surface area contributed by atoms with E-state index in [9.17, 15) is 5.11 Å². The topological polar surface area (TPSA) is 70.0 Å². The Morgan fingerprint density at radius 3 is 2.57 bits per heavy atom. The van der Waals surface area contributed by atoms with Crippen molar-refractivity contribution in [3.05, 3.63) is 86.9 Å². The van der Waals surface area contributed by atoms with E-state index in [1.54, 1.807) is 18.4 Å². The largest absolute Gasteiger partial charge is 0.492 e. The molecule has 0 bridgehead atoms. The van der Waals surface area contributed by atoms with Crippen molar-refractivity contribution in [2.24, 2.45) is 0 Å². The predicted octanol–water partition coefficient (Wildman–Crippen LogP) is 6.08. The Hall–Kier alpha value is -2.85. The summed E-state index contributed by atoms with van der Waals surface area (Å²) in [5.41, 5.74) is 2.23. The van der Waals surface area contributed by atoms with Gasteiger partial charge in [0.05, 0.1) is 17.2 Å². The number of hydrogen-bond acceptors (Lipinski definition) is 7. The van der Waals surface area contributed by atoms with Crippen LogP contribution in [-0.2, 0) is 0 Å². The van der Waals surface area contributed by atoms with Crippen LogP contribution in [-0.4, -0.2) is 50.8 Å². The van der Waals surface area contributed by atoms with Crippen molar-refractivity contribution in [2.45, 2.75) is 6.04 Å². The van der Waals surface area contributed by atoms with Gasteiger partial charge in [-0.2, -0.15) is 9.50 Å². The number of anilines is 1. The Kier molecular flexibility index (Phi) is 6.01. The first-order valence-electron chi connectivity index (χ1n) is 11.2. The highest BCUT2D eigenvalue weighted by Gasteiger charge is 2.32. The average molecular weight is 571 g/mol. The summed E-state index contributed by atoms with van der Waals surface area (Å²) in [4.78, 5) is 10.8. The second-order valence-corrected chi connectivity index (χ2v) is 10.7. The number of benzene rings is 2. The third kappa shape index (κ3) is 4.33. The number of halogens is 2. The molecule has 7 nitrogen and oxygen atoms in total. The minimum absolute atomic E-state index is 0.109. The highest BCUT2D eigenvalue weighted by Crippen LogP contribution is 2.41. The molecule has 4 heterocycles. The first-order chi connectivity index (χ1) is 17.1. The number of piperazine rings is 1. The van der Waals surface area contributed by atoms with E-state index >= 15 is 0 Å². The van der Waals surface area contributed by atoms with Gasteiger partial charge in [0.2, 0.25) is 16.7 Å². The van der Waals surface area contributed by atoms with Gasteiger partial charge in [0.1, 0.15) is 0 Å². The van der Waals surface area contributed by atoms with E-state index in [4.69, 9.17) is 16.0 Å².